The second-order valence-electron chi connectivity index (χ2n) is 6.65. The van der Waals surface area contributed by atoms with Crippen LogP contribution in [0.1, 0.15) is 47.5 Å². The highest BCUT2D eigenvalue weighted by Crippen LogP contribution is 2.35. The van der Waals surface area contributed by atoms with Crippen molar-refractivity contribution in [1.82, 2.24) is 4.90 Å². The fourth-order valence-electron chi connectivity index (χ4n) is 2.37. The molecule has 0 aromatic heterocycles. The summed E-state index contributed by atoms with van der Waals surface area (Å²) in [6.07, 6.45) is 1.89. The lowest BCUT2D eigenvalue weighted by molar-refractivity contribution is -0.141. The summed E-state index contributed by atoms with van der Waals surface area (Å²) in [6, 6.07) is 2.38. The molecule has 0 spiro atoms. The Labute approximate surface area is 105 Å². The van der Waals surface area contributed by atoms with Crippen LogP contribution in [0.2, 0.25) is 0 Å². The van der Waals surface area contributed by atoms with Crippen molar-refractivity contribution in [3.8, 4) is 6.07 Å². The van der Waals surface area contributed by atoms with Crippen LogP contribution in [0.25, 0.3) is 0 Å². The average Bonchev–Trinajstić information content (AvgIpc) is 2.27. The fraction of sp³-hybridized carbons (Fsp3) is 0.857. The van der Waals surface area contributed by atoms with Crippen molar-refractivity contribution in [2.24, 2.45) is 16.7 Å². The molecular formula is C14H24N2O. The minimum atomic E-state index is -0.294. The number of carbonyl (C=O) groups excluding carboxylic acids is 1. The standard InChI is InChI=1S/C14H24N2O/c1-13(2,3)12(17)16-8-6-11(7-9-16)14(4,5)10-15/h11H,6-9H2,1-5H3. The summed E-state index contributed by atoms with van der Waals surface area (Å²) >= 11 is 0. The molecule has 1 fully saturated rings. The zero-order chi connectivity index (χ0) is 13.3. The van der Waals surface area contributed by atoms with Crippen LogP contribution in [0.5, 0.6) is 0 Å². The molecular weight excluding hydrogens is 212 g/mol. The van der Waals surface area contributed by atoms with Crippen LogP contribution < -0.4 is 0 Å². The van der Waals surface area contributed by atoms with E-state index in [2.05, 4.69) is 6.07 Å². The maximum absolute atomic E-state index is 12.1. The molecule has 0 atom stereocenters. The molecule has 1 aliphatic rings. The number of nitriles is 1. The summed E-state index contributed by atoms with van der Waals surface area (Å²) in [5.74, 6) is 0.641. The Morgan fingerprint density at radius 3 is 2.00 bits per heavy atom. The third kappa shape index (κ3) is 3.21. The number of hydrogen-bond donors (Lipinski definition) is 0. The van der Waals surface area contributed by atoms with E-state index in [4.69, 9.17) is 5.26 Å². The van der Waals surface area contributed by atoms with Gasteiger partial charge in [-0.25, -0.2) is 0 Å². The smallest absolute Gasteiger partial charge is 0.227 e. The molecule has 0 bridgehead atoms. The summed E-state index contributed by atoms with van der Waals surface area (Å²) in [4.78, 5) is 14.1. The first-order valence-corrected chi connectivity index (χ1v) is 6.39. The van der Waals surface area contributed by atoms with Crippen molar-refractivity contribution in [1.29, 1.82) is 5.26 Å². The van der Waals surface area contributed by atoms with Gasteiger partial charge in [-0.1, -0.05) is 20.8 Å². The van der Waals surface area contributed by atoms with Gasteiger partial charge in [-0.05, 0) is 32.6 Å². The van der Waals surface area contributed by atoms with E-state index in [1.165, 1.54) is 0 Å². The molecule has 1 amide bonds. The molecule has 17 heavy (non-hydrogen) atoms. The van der Waals surface area contributed by atoms with E-state index in [-0.39, 0.29) is 16.7 Å². The monoisotopic (exact) mass is 236 g/mol. The number of hydrogen-bond acceptors (Lipinski definition) is 2. The first-order chi connectivity index (χ1) is 7.68. The summed E-state index contributed by atoms with van der Waals surface area (Å²) in [5.41, 5.74) is -0.561. The Hall–Kier alpha value is -1.04. The molecule has 0 N–H and O–H groups in total. The largest absolute Gasteiger partial charge is 0.342 e. The Kier molecular flexibility index (Phi) is 3.86. The molecule has 0 aromatic carbocycles. The van der Waals surface area contributed by atoms with Gasteiger partial charge in [0, 0.05) is 18.5 Å². The van der Waals surface area contributed by atoms with Crippen LogP contribution in [0.4, 0.5) is 0 Å². The van der Waals surface area contributed by atoms with Gasteiger partial charge >= 0.3 is 0 Å². The highest BCUT2D eigenvalue weighted by Gasteiger charge is 2.35. The number of carbonyl (C=O) groups is 1. The van der Waals surface area contributed by atoms with Gasteiger partial charge < -0.3 is 4.90 Å². The van der Waals surface area contributed by atoms with E-state index in [0.717, 1.165) is 25.9 Å². The molecule has 1 aliphatic heterocycles. The maximum Gasteiger partial charge on any atom is 0.227 e. The van der Waals surface area contributed by atoms with Gasteiger partial charge in [0.2, 0.25) is 5.91 Å². The van der Waals surface area contributed by atoms with Crippen molar-refractivity contribution in [2.75, 3.05) is 13.1 Å². The molecule has 3 heteroatoms. The molecule has 1 heterocycles. The normalized spacial score (nSPS) is 18.9. The predicted molar refractivity (Wildman–Crippen MR) is 68.2 cm³/mol. The quantitative estimate of drug-likeness (QED) is 0.702. The second kappa shape index (κ2) is 4.68. The number of rotatable bonds is 1. The first kappa shape index (κ1) is 14.0. The number of nitrogens with zero attached hydrogens (tertiary/aromatic N) is 2. The molecule has 3 nitrogen and oxygen atoms in total. The number of amides is 1. The van der Waals surface area contributed by atoms with E-state index < -0.39 is 0 Å². The maximum atomic E-state index is 12.1. The van der Waals surface area contributed by atoms with E-state index in [0.29, 0.717) is 5.92 Å². The zero-order valence-corrected chi connectivity index (χ0v) is 11.7. The number of likely N-dealkylation sites (tertiary alicyclic amines) is 1. The number of piperidine rings is 1. The van der Waals surface area contributed by atoms with Crippen LogP contribution in [0, 0.1) is 28.1 Å². The minimum Gasteiger partial charge on any atom is -0.342 e. The Morgan fingerprint density at radius 1 is 1.18 bits per heavy atom. The lowest BCUT2D eigenvalue weighted by Gasteiger charge is -2.39. The van der Waals surface area contributed by atoms with Gasteiger partial charge in [0.15, 0.2) is 0 Å². The second-order valence-corrected chi connectivity index (χ2v) is 6.65. The predicted octanol–water partition coefficient (Wildman–Crippen LogP) is 2.82. The van der Waals surface area contributed by atoms with E-state index >= 15 is 0 Å². The molecule has 0 radical (unpaired) electrons. The van der Waals surface area contributed by atoms with Gasteiger partial charge in [-0.3, -0.25) is 4.79 Å². The van der Waals surface area contributed by atoms with E-state index in [1.807, 2.05) is 39.5 Å². The minimum absolute atomic E-state index is 0.228. The Balaban J connectivity index is 2.59. The summed E-state index contributed by atoms with van der Waals surface area (Å²) in [6.45, 7) is 11.5. The zero-order valence-electron chi connectivity index (χ0n) is 11.7. The summed E-state index contributed by atoms with van der Waals surface area (Å²) in [7, 11) is 0. The van der Waals surface area contributed by atoms with Gasteiger partial charge in [0.25, 0.3) is 0 Å². The van der Waals surface area contributed by atoms with Crippen LogP contribution in [0.15, 0.2) is 0 Å². The SMILES string of the molecule is CC(C)(C)C(=O)N1CCC(C(C)(C)C#N)CC1. The lowest BCUT2D eigenvalue weighted by atomic mass is 9.74. The lowest BCUT2D eigenvalue weighted by Crippen LogP contribution is -2.46. The van der Waals surface area contributed by atoms with E-state index in [9.17, 15) is 4.79 Å². The molecule has 0 saturated carbocycles. The van der Waals surface area contributed by atoms with Gasteiger partial charge in [-0.2, -0.15) is 5.26 Å². The topological polar surface area (TPSA) is 44.1 Å². The molecule has 0 aromatic rings. The van der Waals surface area contributed by atoms with Crippen molar-refractivity contribution in [2.45, 2.75) is 47.5 Å². The van der Waals surface area contributed by atoms with Crippen LogP contribution in [-0.2, 0) is 4.79 Å². The van der Waals surface area contributed by atoms with Crippen molar-refractivity contribution >= 4 is 5.91 Å². The first-order valence-electron chi connectivity index (χ1n) is 6.39. The summed E-state index contributed by atoms with van der Waals surface area (Å²) < 4.78 is 0. The molecule has 0 aliphatic carbocycles. The van der Waals surface area contributed by atoms with Gasteiger partial charge in [0.05, 0.1) is 11.5 Å². The van der Waals surface area contributed by atoms with Crippen LogP contribution >= 0.6 is 0 Å². The van der Waals surface area contributed by atoms with Crippen LogP contribution in [0.3, 0.4) is 0 Å². The molecule has 1 saturated heterocycles. The third-order valence-electron chi connectivity index (χ3n) is 3.73. The van der Waals surface area contributed by atoms with Gasteiger partial charge in [0.1, 0.15) is 0 Å². The highest BCUT2D eigenvalue weighted by atomic mass is 16.2. The van der Waals surface area contributed by atoms with Crippen molar-refractivity contribution < 1.29 is 4.79 Å². The van der Waals surface area contributed by atoms with Crippen molar-refractivity contribution in [3.05, 3.63) is 0 Å². The van der Waals surface area contributed by atoms with Gasteiger partial charge in [-0.15, -0.1) is 0 Å². The average molecular weight is 236 g/mol. The highest BCUT2D eigenvalue weighted by molar-refractivity contribution is 5.81. The Morgan fingerprint density at radius 2 is 1.65 bits per heavy atom. The fourth-order valence-corrected chi connectivity index (χ4v) is 2.37. The Bertz CT molecular complexity index is 325. The summed E-state index contributed by atoms with van der Waals surface area (Å²) in [5, 5.41) is 9.12. The van der Waals surface area contributed by atoms with Crippen LogP contribution in [-0.4, -0.2) is 23.9 Å². The van der Waals surface area contributed by atoms with E-state index in [1.54, 1.807) is 0 Å². The van der Waals surface area contributed by atoms with Crippen molar-refractivity contribution in [3.63, 3.8) is 0 Å². The molecule has 0 unspecified atom stereocenters. The third-order valence-corrected chi connectivity index (χ3v) is 3.73. The molecule has 96 valence electrons. The molecule has 1 rings (SSSR count).